The number of benzene rings is 1. The Bertz CT molecular complexity index is 1170. The summed E-state index contributed by atoms with van der Waals surface area (Å²) in [4.78, 5) is 37.9. The van der Waals surface area contributed by atoms with Gasteiger partial charge in [-0.15, -0.1) is 0 Å². The van der Waals surface area contributed by atoms with Crippen LogP contribution in [0, 0.1) is 0 Å². The van der Waals surface area contributed by atoms with Gasteiger partial charge >= 0.3 is 17.9 Å². The standard InChI is InChI=1S/C25H30N2O9.CH4/c1-12(34-18(29)6-4-14(26)22(30)31)23(32)35-16-7-8-25(33)17-11-13-3-5-15(28)20-19(13)24(25,21(16)36-20)9-10-27(17)2;/h3,5,7,12,14,17,21,28,33H,4,6,8-11,26H2,1-2H3,(H,30,31);1H4/t12-,14-,17+,21-,24-,25+;/m0./s1. The van der Waals surface area contributed by atoms with Crippen molar-refractivity contribution in [3.8, 4) is 11.5 Å². The number of carbonyl (C=O) groups excluding carboxylic acids is 2. The Hall–Kier alpha value is -3.15. The highest BCUT2D eigenvalue weighted by Crippen LogP contribution is 2.65. The van der Waals surface area contributed by atoms with Gasteiger partial charge in [0.15, 0.2) is 23.7 Å². The number of esters is 2. The molecule has 0 aromatic heterocycles. The van der Waals surface area contributed by atoms with Crippen LogP contribution in [0.3, 0.4) is 0 Å². The SMILES string of the molecule is C.C[C@H](OC(=O)CC[C@H](N)C(=O)O)C(=O)OC1=CC[C@@]2(O)[C@H]3Cc4ccc(O)c5c4[C@@]2(CCN3C)[C@H]1O5. The number of carboxylic acid groups (broad SMARTS) is 1. The molecule has 0 amide bonds. The lowest BCUT2D eigenvalue weighted by Gasteiger charge is -2.61. The molecule has 2 aliphatic carbocycles. The first-order valence-corrected chi connectivity index (χ1v) is 12.0. The summed E-state index contributed by atoms with van der Waals surface area (Å²) in [6, 6.07) is 2.05. The van der Waals surface area contributed by atoms with Crippen molar-refractivity contribution in [2.24, 2.45) is 5.73 Å². The van der Waals surface area contributed by atoms with E-state index in [9.17, 15) is 24.6 Å². The van der Waals surface area contributed by atoms with E-state index in [-0.39, 0.29) is 44.2 Å². The highest BCUT2D eigenvalue weighted by Gasteiger charge is 2.72. The van der Waals surface area contributed by atoms with Crippen molar-refractivity contribution < 1.29 is 43.9 Å². The minimum absolute atomic E-state index is 0. The van der Waals surface area contributed by atoms with Crippen molar-refractivity contribution in [1.29, 1.82) is 0 Å². The molecule has 37 heavy (non-hydrogen) atoms. The number of phenolic OH excluding ortho intramolecular Hbond substituents is 1. The third-order valence-corrected chi connectivity index (χ3v) is 8.19. The van der Waals surface area contributed by atoms with E-state index in [2.05, 4.69) is 4.90 Å². The van der Waals surface area contributed by atoms with Crippen LogP contribution in [0.25, 0.3) is 0 Å². The van der Waals surface area contributed by atoms with Crippen molar-refractivity contribution in [3.05, 3.63) is 35.1 Å². The maximum Gasteiger partial charge on any atom is 0.352 e. The number of carbonyl (C=O) groups is 3. The molecule has 0 radical (unpaired) electrons. The largest absolute Gasteiger partial charge is 0.504 e. The minimum atomic E-state index is -1.26. The van der Waals surface area contributed by atoms with Crippen molar-refractivity contribution in [3.63, 3.8) is 0 Å². The highest BCUT2D eigenvalue weighted by atomic mass is 16.6. The first kappa shape index (κ1) is 26.9. The summed E-state index contributed by atoms with van der Waals surface area (Å²) >= 11 is 0. The number of carboxylic acids is 1. The summed E-state index contributed by atoms with van der Waals surface area (Å²) in [5.41, 5.74) is 5.07. The van der Waals surface area contributed by atoms with Gasteiger partial charge in [-0.25, -0.2) is 4.79 Å². The van der Waals surface area contributed by atoms with E-state index in [0.29, 0.717) is 25.1 Å². The Labute approximate surface area is 214 Å². The molecular weight excluding hydrogens is 484 g/mol. The Balaban J connectivity index is 0.00000320. The second-order valence-corrected chi connectivity index (χ2v) is 10.1. The van der Waals surface area contributed by atoms with Gasteiger partial charge < -0.3 is 40.2 Å². The number of rotatable bonds is 7. The molecule has 5 rings (SSSR count). The van der Waals surface area contributed by atoms with Gasteiger partial charge in [-0.3, -0.25) is 9.59 Å². The zero-order valence-electron chi connectivity index (χ0n) is 20.1. The van der Waals surface area contributed by atoms with Gasteiger partial charge in [-0.2, -0.15) is 0 Å². The number of aromatic hydroxyl groups is 1. The molecule has 1 aromatic carbocycles. The Morgan fingerprint density at radius 1 is 1.32 bits per heavy atom. The van der Waals surface area contributed by atoms with Crippen LogP contribution >= 0.6 is 0 Å². The minimum Gasteiger partial charge on any atom is -0.504 e. The summed E-state index contributed by atoms with van der Waals surface area (Å²) < 4.78 is 17.0. The maximum atomic E-state index is 12.9. The number of nitrogens with zero attached hydrogens (tertiary/aromatic N) is 1. The first-order valence-electron chi connectivity index (χ1n) is 12.0. The molecule has 1 spiro atoms. The lowest BCUT2D eigenvalue weighted by molar-refractivity contribution is -0.175. The van der Waals surface area contributed by atoms with Crippen LogP contribution in [-0.2, 0) is 35.7 Å². The third kappa shape index (κ3) is 3.87. The van der Waals surface area contributed by atoms with Crippen molar-refractivity contribution in [1.82, 2.24) is 4.90 Å². The van der Waals surface area contributed by atoms with Gasteiger partial charge in [-0.1, -0.05) is 13.5 Å². The second-order valence-electron chi connectivity index (χ2n) is 10.1. The molecule has 1 saturated heterocycles. The molecule has 2 aliphatic heterocycles. The van der Waals surface area contributed by atoms with Crippen molar-refractivity contribution in [2.75, 3.05) is 13.6 Å². The number of aliphatic hydroxyl groups is 1. The lowest BCUT2D eigenvalue weighted by atomic mass is 9.50. The van der Waals surface area contributed by atoms with Crippen LogP contribution in [0.2, 0.25) is 0 Å². The smallest absolute Gasteiger partial charge is 0.352 e. The average Bonchev–Trinajstić information content (AvgIpc) is 3.19. The molecule has 11 heteroatoms. The van der Waals surface area contributed by atoms with E-state index in [0.717, 1.165) is 11.1 Å². The van der Waals surface area contributed by atoms with Crippen LogP contribution in [0.1, 0.15) is 51.2 Å². The van der Waals surface area contributed by atoms with Crippen LogP contribution < -0.4 is 10.5 Å². The number of likely N-dealkylation sites (tertiary alicyclic amines) is 1. The van der Waals surface area contributed by atoms with Gasteiger partial charge in [0.1, 0.15) is 11.8 Å². The number of nitrogens with two attached hydrogens (primary N) is 1. The van der Waals surface area contributed by atoms with Gasteiger partial charge in [-0.05, 0) is 57.5 Å². The van der Waals surface area contributed by atoms with Crippen LogP contribution in [0.4, 0.5) is 0 Å². The zero-order chi connectivity index (χ0) is 26.0. The maximum absolute atomic E-state index is 12.9. The summed E-state index contributed by atoms with van der Waals surface area (Å²) in [5, 5.41) is 31.5. The van der Waals surface area contributed by atoms with E-state index in [4.69, 9.17) is 25.1 Å². The van der Waals surface area contributed by atoms with Gasteiger partial charge in [0.2, 0.25) is 0 Å². The number of likely N-dealkylation sites (N-methyl/N-ethyl adjacent to an activating group) is 1. The van der Waals surface area contributed by atoms with Crippen LogP contribution in [0.15, 0.2) is 24.0 Å². The molecule has 1 aromatic rings. The molecule has 1 fully saturated rings. The first-order chi connectivity index (χ1) is 17.0. The van der Waals surface area contributed by atoms with Crippen LogP contribution in [-0.4, -0.2) is 81.6 Å². The summed E-state index contributed by atoms with van der Waals surface area (Å²) in [5.74, 6) is -2.37. The molecule has 0 unspecified atom stereocenters. The van der Waals surface area contributed by atoms with Gasteiger partial charge in [0.05, 0.1) is 11.0 Å². The average molecular weight is 519 g/mol. The normalized spacial score (nSPS) is 30.5. The number of hydrogen-bond donors (Lipinski definition) is 4. The molecular formula is C26H34N2O9. The van der Waals surface area contributed by atoms with E-state index in [1.807, 2.05) is 13.1 Å². The zero-order valence-corrected chi connectivity index (χ0v) is 20.1. The molecule has 11 nitrogen and oxygen atoms in total. The number of hydrogen-bond acceptors (Lipinski definition) is 10. The Kier molecular flexibility index (Phi) is 6.76. The highest BCUT2D eigenvalue weighted by molar-refractivity contribution is 5.80. The Morgan fingerprint density at radius 2 is 2.05 bits per heavy atom. The van der Waals surface area contributed by atoms with Gasteiger partial charge in [0.25, 0.3) is 0 Å². The topological polar surface area (TPSA) is 169 Å². The predicted molar refractivity (Wildman–Crippen MR) is 130 cm³/mol. The lowest BCUT2D eigenvalue weighted by Crippen LogP contribution is -2.74. The molecule has 0 saturated carbocycles. The predicted octanol–water partition coefficient (Wildman–Crippen LogP) is 0.973. The third-order valence-electron chi connectivity index (χ3n) is 8.19. The molecule has 2 heterocycles. The fourth-order valence-electron chi connectivity index (χ4n) is 6.34. The molecule has 202 valence electrons. The number of phenols is 1. The van der Waals surface area contributed by atoms with Crippen molar-refractivity contribution in [2.45, 2.75) is 81.8 Å². The molecule has 6 atom stereocenters. The number of piperidine rings is 1. The number of ether oxygens (including phenoxy) is 3. The van der Waals surface area contributed by atoms with E-state index in [1.54, 1.807) is 12.1 Å². The van der Waals surface area contributed by atoms with E-state index >= 15 is 0 Å². The molecule has 2 bridgehead atoms. The number of aliphatic carboxylic acids is 1. The van der Waals surface area contributed by atoms with E-state index in [1.165, 1.54) is 6.92 Å². The van der Waals surface area contributed by atoms with Gasteiger partial charge in [0, 0.05) is 24.4 Å². The molecule has 5 N–H and O–H groups in total. The van der Waals surface area contributed by atoms with E-state index < -0.39 is 47.2 Å². The monoisotopic (exact) mass is 518 g/mol. The summed E-state index contributed by atoms with van der Waals surface area (Å²) in [6.07, 6.45) is 0.515. The summed E-state index contributed by atoms with van der Waals surface area (Å²) in [6.45, 7) is 2.05. The Morgan fingerprint density at radius 3 is 2.76 bits per heavy atom. The molecule has 4 aliphatic rings. The fraction of sp³-hybridized carbons (Fsp3) is 0.577. The quantitative estimate of drug-likeness (QED) is 0.380. The fourth-order valence-corrected chi connectivity index (χ4v) is 6.34. The summed E-state index contributed by atoms with van der Waals surface area (Å²) in [7, 11) is 1.98. The van der Waals surface area contributed by atoms with Crippen LogP contribution in [0.5, 0.6) is 11.5 Å². The van der Waals surface area contributed by atoms with Crippen molar-refractivity contribution >= 4 is 17.9 Å². The second kappa shape index (κ2) is 9.30.